The number of carbonyl (C=O) groups excluding carboxylic acids is 1. The van der Waals surface area contributed by atoms with E-state index < -0.39 is 5.82 Å². The fraction of sp³-hybridized carbons (Fsp3) is 0. The van der Waals surface area contributed by atoms with Crippen LogP contribution >= 0.6 is 11.6 Å². The van der Waals surface area contributed by atoms with Gasteiger partial charge in [0.05, 0.1) is 5.56 Å². The summed E-state index contributed by atoms with van der Waals surface area (Å²) in [6, 6.07) is 10.5. The minimum atomic E-state index is -0.481. The highest BCUT2D eigenvalue weighted by Gasteiger charge is 2.06. The summed E-state index contributed by atoms with van der Waals surface area (Å²) in [7, 11) is 0. The van der Waals surface area contributed by atoms with Crippen LogP contribution in [0.15, 0.2) is 42.5 Å². The number of hydrogen-bond donors (Lipinski definition) is 0. The van der Waals surface area contributed by atoms with Gasteiger partial charge in [-0.1, -0.05) is 17.7 Å². The second kappa shape index (κ2) is 4.97. The van der Waals surface area contributed by atoms with Gasteiger partial charge in [-0.15, -0.1) is 0 Å². The molecule has 0 bridgehead atoms. The summed E-state index contributed by atoms with van der Waals surface area (Å²) in [5, 5.41) is 0.525. The Morgan fingerprint density at radius 1 is 1.18 bits per heavy atom. The van der Waals surface area contributed by atoms with Crippen LogP contribution in [0.3, 0.4) is 0 Å². The lowest BCUT2D eigenvalue weighted by Gasteiger charge is -2.07. The van der Waals surface area contributed by atoms with E-state index in [1.807, 2.05) is 0 Å². The van der Waals surface area contributed by atoms with E-state index in [9.17, 15) is 9.18 Å². The molecule has 0 aliphatic rings. The second-order valence-electron chi connectivity index (χ2n) is 3.36. The minimum absolute atomic E-state index is 0.157. The molecular weight excluding hydrogens is 243 g/mol. The largest absolute Gasteiger partial charge is 0.457 e. The van der Waals surface area contributed by atoms with Gasteiger partial charge in [-0.2, -0.15) is 0 Å². The van der Waals surface area contributed by atoms with Gasteiger partial charge in [-0.25, -0.2) is 4.39 Å². The molecule has 0 saturated carbocycles. The van der Waals surface area contributed by atoms with Crippen LogP contribution in [0.25, 0.3) is 0 Å². The molecule has 0 aliphatic carbocycles. The van der Waals surface area contributed by atoms with E-state index in [0.29, 0.717) is 22.8 Å². The Morgan fingerprint density at radius 3 is 2.71 bits per heavy atom. The van der Waals surface area contributed by atoms with E-state index in [4.69, 9.17) is 16.3 Å². The molecule has 0 amide bonds. The number of hydrogen-bond acceptors (Lipinski definition) is 2. The molecule has 0 unspecified atom stereocenters. The van der Waals surface area contributed by atoms with Gasteiger partial charge in [0.2, 0.25) is 0 Å². The Hall–Kier alpha value is -1.87. The molecule has 17 heavy (non-hydrogen) atoms. The third kappa shape index (κ3) is 2.82. The normalized spacial score (nSPS) is 10.0. The highest BCUT2D eigenvalue weighted by molar-refractivity contribution is 6.30. The predicted octanol–water partition coefficient (Wildman–Crippen LogP) is 4.08. The van der Waals surface area contributed by atoms with Gasteiger partial charge in [0, 0.05) is 5.02 Å². The molecule has 0 aromatic heterocycles. The first-order valence-corrected chi connectivity index (χ1v) is 5.25. The van der Waals surface area contributed by atoms with E-state index in [1.165, 1.54) is 12.1 Å². The van der Waals surface area contributed by atoms with Crippen molar-refractivity contribution in [3.8, 4) is 11.5 Å². The van der Waals surface area contributed by atoms with E-state index in [0.717, 1.165) is 6.07 Å². The molecule has 2 aromatic rings. The topological polar surface area (TPSA) is 26.3 Å². The lowest BCUT2D eigenvalue weighted by molar-refractivity contribution is 0.112. The Kier molecular flexibility index (Phi) is 3.40. The van der Waals surface area contributed by atoms with E-state index in [2.05, 4.69) is 0 Å². The molecule has 0 atom stereocenters. The molecule has 2 nitrogen and oxygen atoms in total. The average molecular weight is 251 g/mol. The van der Waals surface area contributed by atoms with Crippen molar-refractivity contribution < 1.29 is 13.9 Å². The first kappa shape index (κ1) is 11.6. The maximum atomic E-state index is 12.9. The lowest BCUT2D eigenvalue weighted by atomic mass is 10.2. The number of benzene rings is 2. The van der Waals surface area contributed by atoms with Crippen LogP contribution in [0.2, 0.25) is 5.02 Å². The summed E-state index contributed by atoms with van der Waals surface area (Å²) < 4.78 is 18.4. The fourth-order valence-electron chi connectivity index (χ4n) is 1.36. The molecule has 2 rings (SSSR count). The molecule has 4 heteroatoms. The van der Waals surface area contributed by atoms with Crippen molar-refractivity contribution in [3.63, 3.8) is 0 Å². The molecule has 2 aromatic carbocycles. The van der Waals surface area contributed by atoms with Crippen LogP contribution in [0, 0.1) is 5.82 Å². The van der Waals surface area contributed by atoms with Crippen LogP contribution < -0.4 is 4.74 Å². The number of rotatable bonds is 3. The molecule has 0 N–H and O–H groups in total. The van der Waals surface area contributed by atoms with Crippen molar-refractivity contribution in [2.45, 2.75) is 0 Å². The summed E-state index contributed by atoms with van der Waals surface area (Å²) in [6.45, 7) is 0. The Balaban J connectivity index is 2.32. The van der Waals surface area contributed by atoms with Crippen LogP contribution in [-0.2, 0) is 0 Å². The zero-order chi connectivity index (χ0) is 12.3. The smallest absolute Gasteiger partial charge is 0.153 e. The standard InChI is InChI=1S/C13H8ClFO2/c14-10-2-1-3-12(7-10)17-13-5-4-11(15)6-9(13)8-16/h1-8H. The lowest BCUT2D eigenvalue weighted by Crippen LogP contribution is -1.91. The number of carbonyl (C=O) groups is 1. The highest BCUT2D eigenvalue weighted by atomic mass is 35.5. The van der Waals surface area contributed by atoms with Crippen molar-refractivity contribution in [1.82, 2.24) is 0 Å². The number of aldehydes is 1. The molecule has 0 fully saturated rings. The van der Waals surface area contributed by atoms with Crippen molar-refractivity contribution in [1.29, 1.82) is 0 Å². The third-order valence-corrected chi connectivity index (χ3v) is 2.36. The van der Waals surface area contributed by atoms with Crippen LogP contribution in [-0.4, -0.2) is 6.29 Å². The predicted molar refractivity (Wildman–Crippen MR) is 63.3 cm³/mol. The van der Waals surface area contributed by atoms with Gasteiger partial charge in [0.25, 0.3) is 0 Å². The molecule has 0 heterocycles. The summed E-state index contributed by atoms with van der Waals surface area (Å²) in [4.78, 5) is 10.8. The van der Waals surface area contributed by atoms with Gasteiger partial charge in [0.1, 0.15) is 17.3 Å². The molecular formula is C13H8ClFO2. The summed E-state index contributed by atoms with van der Waals surface area (Å²) in [5.41, 5.74) is 0.157. The van der Waals surface area contributed by atoms with E-state index in [1.54, 1.807) is 24.3 Å². The van der Waals surface area contributed by atoms with Crippen LogP contribution in [0.4, 0.5) is 4.39 Å². The van der Waals surface area contributed by atoms with Gasteiger partial charge < -0.3 is 4.74 Å². The quantitative estimate of drug-likeness (QED) is 0.767. The van der Waals surface area contributed by atoms with Crippen molar-refractivity contribution >= 4 is 17.9 Å². The Labute approximate surface area is 103 Å². The van der Waals surface area contributed by atoms with Crippen LogP contribution in [0.5, 0.6) is 11.5 Å². The SMILES string of the molecule is O=Cc1cc(F)ccc1Oc1cccc(Cl)c1. The second-order valence-corrected chi connectivity index (χ2v) is 3.80. The van der Waals surface area contributed by atoms with Crippen LogP contribution in [0.1, 0.15) is 10.4 Å². The molecule has 0 saturated heterocycles. The first-order valence-electron chi connectivity index (χ1n) is 4.87. The van der Waals surface area contributed by atoms with Crippen molar-refractivity contribution in [2.75, 3.05) is 0 Å². The highest BCUT2D eigenvalue weighted by Crippen LogP contribution is 2.26. The van der Waals surface area contributed by atoms with Gasteiger partial charge >= 0.3 is 0 Å². The van der Waals surface area contributed by atoms with Gasteiger partial charge in [0.15, 0.2) is 6.29 Å². The first-order chi connectivity index (χ1) is 8.19. The average Bonchev–Trinajstić information content (AvgIpc) is 2.31. The monoisotopic (exact) mass is 250 g/mol. The Bertz CT molecular complexity index is 555. The maximum Gasteiger partial charge on any atom is 0.153 e. The van der Waals surface area contributed by atoms with E-state index >= 15 is 0 Å². The third-order valence-electron chi connectivity index (χ3n) is 2.12. The molecule has 0 aliphatic heterocycles. The van der Waals surface area contributed by atoms with E-state index in [-0.39, 0.29) is 5.56 Å². The minimum Gasteiger partial charge on any atom is -0.457 e. The van der Waals surface area contributed by atoms with Crippen molar-refractivity contribution in [3.05, 3.63) is 58.9 Å². The van der Waals surface area contributed by atoms with Crippen molar-refractivity contribution in [2.24, 2.45) is 0 Å². The van der Waals surface area contributed by atoms with Gasteiger partial charge in [-0.05, 0) is 36.4 Å². The molecule has 86 valence electrons. The zero-order valence-corrected chi connectivity index (χ0v) is 9.45. The number of ether oxygens (including phenoxy) is 1. The molecule has 0 spiro atoms. The van der Waals surface area contributed by atoms with Gasteiger partial charge in [-0.3, -0.25) is 4.79 Å². The fourth-order valence-corrected chi connectivity index (χ4v) is 1.54. The summed E-state index contributed by atoms with van der Waals surface area (Å²) in [6.07, 6.45) is 0.545. The number of halogens is 2. The maximum absolute atomic E-state index is 12.9. The summed E-state index contributed by atoms with van der Waals surface area (Å²) in [5.74, 6) is 0.307. The zero-order valence-electron chi connectivity index (χ0n) is 8.69. The summed E-state index contributed by atoms with van der Waals surface area (Å²) >= 11 is 5.80. The Morgan fingerprint density at radius 2 is 2.00 bits per heavy atom. The molecule has 0 radical (unpaired) electrons.